The lowest BCUT2D eigenvalue weighted by Crippen LogP contribution is -2.47. The summed E-state index contributed by atoms with van der Waals surface area (Å²) in [6.07, 6.45) is 0.850. The number of rotatable bonds is 5. The van der Waals surface area contributed by atoms with Crippen LogP contribution in [0.1, 0.15) is 18.9 Å². The van der Waals surface area contributed by atoms with Gasteiger partial charge in [-0.15, -0.1) is 0 Å². The maximum atomic E-state index is 10.3. The van der Waals surface area contributed by atoms with Crippen LogP contribution in [0.2, 0.25) is 0 Å². The average molecular weight is 293 g/mol. The van der Waals surface area contributed by atoms with Crippen LogP contribution in [0.4, 0.5) is 0 Å². The number of nitrogens with zero attached hydrogens (tertiary/aromatic N) is 1. The quantitative estimate of drug-likeness (QED) is 0.570. The Bertz CT molecular complexity index is 430. The Labute approximate surface area is 125 Å². The van der Waals surface area contributed by atoms with Gasteiger partial charge in [-0.25, -0.2) is 4.99 Å². The minimum Gasteiger partial charge on any atom is -0.387 e. The number of hydrogen-bond acceptors (Lipinski definition) is 3. The van der Waals surface area contributed by atoms with E-state index >= 15 is 0 Å². The molecule has 0 bridgehead atoms. The Morgan fingerprint density at radius 1 is 1.35 bits per heavy atom. The van der Waals surface area contributed by atoms with Gasteiger partial charge < -0.3 is 15.7 Å². The molecule has 1 heterocycles. The van der Waals surface area contributed by atoms with Gasteiger partial charge in [0.05, 0.1) is 12.1 Å². The lowest BCUT2D eigenvalue weighted by atomic mass is 10.0. The maximum absolute atomic E-state index is 10.3. The minimum atomic E-state index is -0.590. The van der Waals surface area contributed by atoms with Gasteiger partial charge in [0.1, 0.15) is 0 Å². The first-order valence-electron chi connectivity index (χ1n) is 7.08. The number of thioether (sulfide) groups is 1. The van der Waals surface area contributed by atoms with Crippen molar-refractivity contribution in [2.24, 2.45) is 4.99 Å². The van der Waals surface area contributed by atoms with Crippen LogP contribution in [-0.2, 0) is 6.54 Å². The summed E-state index contributed by atoms with van der Waals surface area (Å²) < 4.78 is 0. The van der Waals surface area contributed by atoms with Gasteiger partial charge in [0.15, 0.2) is 5.96 Å². The molecule has 3 N–H and O–H groups in total. The number of guanidine groups is 1. The number of aliphatic hydroxyl groups is 1. The van der Waals surface area contributed by atoms with E-state index in [1.165, 1.54) is 5.56 Å². The van der Waals surface area contributed by atoms with Crippen molar-refractivity contribution in [1.29, 1.82) is 0 Å². The van der Waals surface area contributed by atoms with Crippen LogP contribution in [0.15, 0.2) is 35.3 Å². The molecule has 1 aliphatic heterocycles. The highest BCUT2D eigenvalue weighted by molar-refractivity contribution is 7.99. The van der Waals surface area contributed by atoms with E-state index in [9.17, 15) is 5.11 Å². The molecule has 5 heteroatoms. The van der Waals surface area contributed by atoms with Crippen LogP contribution in [0, 0.1) is 0 Å². The third kappa shape index (κ3) is 4.72. The van der Waals surface area contributed by atoms with Gasteiger partial charge in [0.2, 0.25) is 0 Å². The minimum absolute atomic E-state index is 0.556. The summed E-state index contributed by atoms with van der Waals surface area (Å²) in [5.74, 6) is 2.61. The van der Waals surface area contributed by atoms with Gasteiger partial charge in [-0.2, -0.15) is 11.8 Å². The molecule has 1 aromatic carbocycles. The first kappa shape index (κ1) is 15.2. The summed E-state index contributed by atoms with van der Waals surface area (Å²) in [5, 5.41) is 16.8. The summed E-state index contributed by atoms with van der Waals surface area (Å²) in [7, 11) is 0. The summed E-state index contributed by atoms with van der Waals surface area (Å²) in [6, 6.07) is 10.2. The van der Waals surface area contributed by atoms with Crippen molar-refractivity contribution in [3.8, 4) is 0 Å². The Hall–Kier alpha value is -1.20. The van der Waals surface area contributed by atoms with E-state index < -0.39 is 5.60 Å². The molecule has 110 valence electrons. The number of benzene rings is 1. The normalized spacial score (nSPS) is 22.8. The van der Waals surface area contributed by atoms with Crippen LogP contribution in [0.25, 0.3) is 0 Å². The molecule has 0 aliphatic carbocycles. The Kier molecular flexibility index (Phi) is 5.73. The number of aliphatic imine (C=N–C) groups is 1. The van der Waals surface area contributed by atoms with Crippen molar-refractivity contribution in [2.45, 2.75) is 25.5 Å². The lowest BCUT2D eigenvalue weighted by Gasteiger charge is -2.23. The Morgan fingerprint density at radius 3 is 2.80 bits per heavy atom. The second-order valence-electron chi connectivity index (χ2n) is 5.06. The zero-order valence-electron chi connectivity index (χ0n) is 11.9. The van der Waals surface area contributed by atoms with Gasteiger partial charge in [0, 0.05) is 18.8 Å². The topological polar surface area (TPSA) is 56.7 Å². The van der Waals surface area contributed by atoms with Crippen molar-refractivity contribution in [3.05, 3.63) is 35.9 Å². The molecule has 20 heavy (non-hydrogen) atoms. The third-order valence-electron chi connectivity index (χ3n) is 3.27. The highest BCUT2D eigenvalue weighted by atomic mass is 32.2. The second-order valence-corrected chi connectivity index (χ2v) is 6.17. The lowest BCUT2D eigenvalue weighted by molar-refractivity contribution is 0.0724. The van der Waals surface area contributed by atoms with E-state index in [0.717, 1.165) is 30.4 Å². The highest BCUT2D eigenvalue weighted by Crippen LogP contribution is 2.26. The monoisotopic (exact) mass is 293 g/mol. The average Bonchev–Trinajstić information content (AvgIpc) is 2.90. The fraction of sp³-hybridized carbons (Fsp3) is 0.533. The third-order valence-corrected chi connectivity index (χ3v) is 4.51. The van der Waals surface area contributed by atoms with Crippen molar-refractivity contribution < 1.29 is 5.11 Å². The molecule has 0 radical (unpaired) electrons. The van der Waals surface area contributed by atoms with Crippen molar-refractivity contribution in [3.63, 3.8) is 0 Å². The van der Waals surface area contributed by atoms with Crippen LogP contribution in [-0.4, -0.2) is 41.3 Å². The molecule has 1 aromatic rings. The van der Waals surface area contributed by atoms with E-state index in [1.807, 2.05) is 25.1 Å². The smallest absolute Gasteiger partial charge is 0.191 e. The zero-order valence-corrected chi connectivity index (χ0v) is 12.7. The first-order valence-corrected chi connectivity index (χ1v) is 8.23. The molecule has 1 fully saturated rings. The van der Waals surface area contributed by atoms with Crippen molar-refractivity contribution >= 4 is 17.7 Å². The van der Waals surface area contributed by atoms with E-state index in [2.05, 4.69) is 27.8 Å². The fourth-order valence-electron chi connectivity index (χ4n) is 2.08. The Balaban J connectivity index is 1.89. The molecule has 0 saturated carbocycles. The van der Waals surface area contributed by atoms with Crippen LogP contribution in [0.3, 0.4) is 0 Å². The van der Waals surface area contributed by atoms with Crippen molar-refractivity contribution in [1.82, 2.24) is 10.6 Å². The maximum Gasteiger partial charge on any atom is 0.191 e. The standard InChI is InChI=1S/C15H23N3OS/c1-2-16-14(17-10-13-6-4-3-5-7-13)18-11-15(19)8-9-20-12-15/h3-7,19H,2,8-12H2,1H3,(H2,16,17,18). The molecule has 0 spiro atoms. The predicted molar refractivity (Wildman–Crippen MR) is 86.2 cm³/mol. The zero-order chi connectivity index (χ0) is 14.3. The fourth-order valence-corrected chi connectivity index (χ4v) is 3.37. The molecular formula is C15H23N3OS. The highest BCUT2D eigenvalue weighted by Gasteiger charge is 2.31. The molecule has 1 aliphatic rings. The van der Waals surface area contributed by atoms with Crippen LogP contribution < -0.4 is 10.6 Å². The molecular weight excluding hydrogens is 270 g/mol. The largest absolute Gasteiger partial charge is 0.387 e. The molecule has 1 atom stereocenters. The van der Waals surface area contributed by atoms with E-state index in [0.29, 0.717) is 13.1 Å². The van der Waals surface area contributed by atoms with E-state index in [-0.39, 0.29) is 0 Å². The van der Waals surface area contributed by atoms with E-state index in [1.54, 1.807) is 11.8 Å². The van der Waals surface area contributed by atoms with Crippen LogP contribution >= 0.6 is 11.8 Å². The molecule has 0 aromatic heterocycles. The second kappa shape index (κ2) is 7.55. The van der Waals surface area contributed by atoms with Gasteiger partial charge >= 0.3 is 0 Å². The molecule has 0 amide bonds. The van der Waals surface area contributed by atoms with Crippen molar-refractivity contribution in [2.75, 3.05) is 24.6 Å². The molecule has 2 rings (SSSR count). The van der Waals surface area contributed by atoms with Gasteiger partial charge in [-0.3, -0.25) is 0 Å². The Morgan fingerprint density at radius 2 is 2.15 bits per heavy atom. The summed E-state index contributed by atoms with van der Waals surface area (Å²) in [6.45, 7) is 4.05. The van der Waals surface area contributed by atoms with Crippen LogP contribution in [0.5, 0.6) is 0 Å². The molecule has 1 saturated heterocycles. The summed E-state index contributed by atoms with van der Waals surface area (Å²) >= 11 is 1.81. The summed E-state index contributed by atoms with van der Waals surface area (Å²) in [5.41, 5.74) is 0.591. The SMILES string of the molecule is CCNC(=NCc1ccccc1)NCC1(O)CCSC1. The predicted octanol–water partition coefficient (Wildman–Crippen LogP) is 1.61. The van der Waals surface area contributed by atoms with Gasteiger partial charge in [-0.05, 0) is 24.7 Å². The van der Waals surface area contributed by atoms with E-state index in [4.69, 9.17) is 0 Å². The van der Waals surface area contributed by atoms with Gasteiger partial charge in [0.25, 0.3) is 0 Å². The van der Waals surface area contributed by atoms with Gasteiger partial charge in [-0.1, -0.05) is 30.3 Å². The number of hydrogen-bond donors (Lipinski definition) is 3. The number of nitrogens with one attached hydrogen (secondary N) is 2. The summed E-state index contributed by atoms with van der Waals surface area (Å²) in [4.78, 5) is 4.55. The molecule has 4 nitrogen and oxygen atoms in total. The first-order chi connectivity index (χ1) is 9.72. The molecule has 1 unspecified atom stereocenters.